The number of nitrogens with one attached hydrogen (secondary N) is 1. The van der Waals surface area contributed by atoms with Crippen molar-refractivity contribution in [3.8, 4) is 22.8 Å². The minimum Gasteiger partial charge on any atom is -0.497 e. The van der Waals surface area contributed by atoms with Gasteiger partial charge in [0.25, 0.3) is 0 Å². The van der Waals surface area contributed by atoms with Gasteiger partial charge in [0, 0.05) is 41.1 Å². The van der Waals surface area contributed by atoms with E-state index in [1.54, 1.807) is 20.4 Å². The fourth-order valence-electron chi connectivity index (χ4n) is 4.01. The summed E-state index contributed by atoms with van der Waals surface area (Å²) in [7, 11) is 3.35. The van der Waals surface area contributed by atoms with E-state index in [-0.39, 0.29) is 10.6 Å². The summed E-state index contributed by atoms with van der Waals surface area (Å²) in [5.74, 6) is 1.77. The molecule has 0 amide bonds. The van der Waals surface area contributed by atoms with Gasteiger partial charge in [0.1, 0.15) is 22.2 Å². The van der Waals surface area contributed by atoms with Crippen LogP contribution in [0.5, 0.6) is 11.5 Å². The molecule has 42 heavy (non-hydrogen) atoms. The number of hydrogen-bond acceptors (Lipinski definition) is 6. The van der Waals surface area contributed by atoms with Crippen molar-refractivity contribution >= 4 is 51.8 Å². The molecule has 0 fully saturated rings. The van der Waals surface area contributed by atoms with Gasteiger partial charge in [-0.1, -0.05) is 29.8 Å². The van der Waals surface area contributed by atoms with Crippen LogP contribution in [0.25, 0.3) is 28.2 Å². The first kappa shape index (κ1) is 31.1. The van der Waals surface area contributed by atoms with Crippen molar-refractivity contribution in [2.24, 2.45) is 0 Å². The highest BCUT2D eigenvalue weighted by atomic mass is 35.5. The van der Waals surface area contributed by atoms with Gasteiger partial charge in [0.15, 0.2) is 0 Å². The molecule has 0 atom stereocenters. The summed E-state index contributed by atoms with van der Waals surface area (Å²) in [6.07, 6.45) is 5.02. The van der Waals surface area contributed by atoms with Gasteiger partial charge in [-0.15, -0.1) is 0 Å². The van der Waals surface area contributed by atoms with Crippen LogP contribution in [0.15, 0.2) is 61.1 Å². The fraction of sp³-hybridized carbons (Fsp3) is 0.172. The Labute approximate surface area is 254 Å². The number of aryl methyl sites for hydroxylation is 1. The van der Waals surface area contributed by atoms with Crippen molar-refractivity contribution in [3.63, 3.8) is 0 Å². The van der Waals surface area contributed by atoms with E-state index in [9.17, 15) is 13.2 Å². The van der Waals surface area contributed by atoms with Crippen LogP contribution in [0.4, 0.5) is 13.2 Å². The Balaban J connectivity index is 0.000000153. The highest BCUT2D eigenvalue weighted by Crippen LogP contribution is 2.33. The quantitative estimate of drug-likeness (QED) is 0.158. The average Bonchev–Trinajstić information content (AvgIpc) is 3.60. The Bertz CT molecular complexity index is 1740. The summed E-state index contributed by atoms with van der Waals surface area (Å²) in [5, 5.41) is 0.331. The number of aromatic nitrogens is 5. The number of fused-ring (bicyclic) bond motifs is 2. The van der Waals surface area contributed by atoms with Crippen molar-refractivity contribution in [1.29, 1.82) is 0 Å². The second kappa shape index (κ2) is 13.4. The third-order valence-corrected chi connectivity index (χ3v) is 6.74. The lowest BCUT2D eigenvalue weighted by Crippen LogP contribution is -2.07. The van der Waals surface area contributed by atoms with Crippen LogP contribution in [-0.2, 0) is 12.6 Å². The van der Waals surface area contributed by atoms with Crippen molar-refractivity contribution in [3.05, 3.63) is 99.0 Å². The van der Waals surface area contributed by atoms with Gasteiger partial charge in [0.05, 0.1) is 19.9 Å². The van der Waals surface area contributed by atoms with E-state index in [4.69, 9.17) is 44.3 Å². The molecular weight excluding hydrogens is 614 g/mol. The summed E-state index contributed by atoms with van der Waals surface area (Å²) in [6.45, 7) is 1.97. The fourth-order valence-corrected chi connectivity index (χ4v) is 4.56. The molecule has 1 N–H and O–H groups in total. The standard InChI is InChI=1S/C14H12ClN3O.C10H10O.C5HCl2F3N2/c1-8-6-17-14(15)18-13(8)11-7-16-12-5-9(19-2)3-4-10(11)12;1-11-10-6-5-8-3-2-4-9(8)7-10;6-3-2(5(8,9)10)1-11-4(7)12-3/h3-7,16H,1-2H3;2-3,5-7H,4H2,1H3;1H. The zero-order valence-electron chi connectivity index (χ0n) is 22.4. The molecule has 2 aromatic carbocycles. The molecular formula is C29H23Cl3F3N5O2. The van der Waals surface area contributed by atoms with Gasteiger partial charge < -0.3 is 14.5 Å². The minimum absolute atomic E-state index is 0.253. The molecule has 13 heteroatoms. The number of nitrogens with zero attached hydrogens (tertiary/aromatic N) is 4. The Hall–Kier alpha value is -3.86. The van der Waals surface area contributed by atoms with Crippen LogP contribution < -0.4 is 9.47 Å². The summed E-state index contributed by atoms with van der Waals surface area (Å²) in [4.78, 5) is 17.8. The maximum Gasteiger partial charge on any atom is 0.420 e. The summed E-state index contributed by atoms with van der Waals surface area (Å²) in [5.41, 5.74) is 5.45. The summed E-state index contributed by atoms with van der Waals surface area (Å²) >= 11 is 16.2. The van der Waals surface area contributed by atoms with E-state index in [0.717, 1.165) is 45.6 Å². The highest BCUT2D eigenvalue weighted by molar-refractivity contribution is 6.32. The van der Waals surface area contributed by atoms with Gasteiger partial charge in [-0.3, -0.25) is 0 Å². The second-order valence-electron chi connectivity index (χ2n) is 8.80. The van der Waals surface area contributed by atoms with Crippen LogP contribution >= 0.6 is 34.8 Å². The Kier molecular flexibility index (Phi) is 9.93. The SMILES string of the molecule is COc1ccc2c(-c3nc(Cl)ncc3C)c[nH]c2c1.COc1ccc2c(c1)CC=C2.FC(F)(F)c1cnc(Cl)nc1Cl. The first-order valence-electron chi connectivity index (χ1n) is 12.2. The van der Waals surface area contributed by atoms with Crippen LogP contribution in [0.1, 0.15) is 22.3 Å². The average molecular weight is 637 g/mol. The lowest BCUT2D eigenvalue weighted by molar-refractivity contribution is -0.138. The molecule has 1 aliphatic rings. The molecule has 0 saturated carbocycles. The Morgan fingerprint density at radius 2 is 1.55 bits per heavy atom. The van der Waals surface area contributed by atoms with E-state index in [0.29, 0.717) is 6.20 Å². The first-order chi connectivity index (χ1) is 20.0. The first-order valence-corrected chi connectivity index (χ1v) is 13.4. The number of halogens is 6. The minimum atomic E-state index is -4.54. The zero-order chi connectivity index (χ0) is 30.4. The van der Waals surface area contributed by atoms with E-state index in [2.05, 4.69) is 49.2 Å². The molecule has 0 spiro atoms. The second-order valence-corrected chi connectivity index (χ2v) is 9.83. The van der Waals surface area contributed by atoms with Gasteiger partial charge in [0.2, 0.25) is 10.6 Å². The number of allylic oxidation sites excluding steroid dienone is 1. The van der Waals surface area contributed by atoms with E-state index in [1.165, 1.54) is 11.1 Å². The van der Waals surface area contributed by atoms with Gasteiger partial charge in [-0.2, -0.15) is 13.2 Å². The zero-order valence-corrected chi connectivity index (χ0v) is 24.7. The number of benzene rings is 2. The predicted octanol–water partition coefficient (Wildman–Crippen LogP) is 8.66. The molecule has 0 saturated heterocycles. The number of H-pyrrole nitrogens is 1. The Morgan fingerprint density at radius 3 is 2.24 bits per heavy atom. The number of ether oxygens (including phenoxy) is 2. The predicted molar refractivity (Wildman–Crippen MR) is 158 cm³/mol. The number of rotatable bonds is 3. The normalized spacial score (nSPS) is 11.7. The summed E-state index contributed by atoms with van der Waals surface area (Å²) in [6, 6.07) is 12.1. The molecule has 1 aliphatic carbocycles. The van der Waals surface area contributed by atoms with Gasteiger partial charge in [-0.05, 0) is 77.5 Å². The maximum atomic E-state index is 12.0. The third-order valence-electron chi connectivity index (χ3n) is 6.09. The van der Waals surface area contributed by atoms with Crippen molar-refractivity contribution in [2.75, 3.05) is 14.2 Å². The third kappa shape index (κ3) is 7.50. The van der Waals surface area contributed by atoms with Crippen LogP contribution in [-0.4, -0.2) is 39.1 Å². The topological polar surface area (TPSA) is 85.8 Å². The molecule has 5 aromatic rings. The summed E-state index contributed by atoms with van der Waals surface area (Å²) < 4.78 is 46.2. The van der Waals surface area contributed by atoms with E-state index >= 15 is 0 Å². The smallest absolute Gasteiger partial charge is 0.420 e. The van der Waals surface area contributed by atoms with Crippen LogP contribution in [0.2, 0.25) is 15.7 Å². The molecule has 0 aliphatic heterocycles. The molecule has 0 unspecified atom stereocenters. The van der Waals surface area contributed by atoms with E-state index < -0.39 is 16.9 Å². The maximum absolute atomic E-state index is 12.0. The molecule has 218 valence electrons. The lowest BCUT2D eigenvalue weighted by Gasteiger charge is -2.06. The van der Waals surface area contributed by atoms with Crippen molar-refractivity contribution in [2.45, 2.75) is 19.5 Å². The van der Waals surface area contributed by atoms with E-state index in [1.807, 2.05) is 37.4 Å². The number of hydrogen-bond donors (Lipinski definition) is 1. The molecule has 0 radical (unpaired) electrons. The largest absolute Gasteiger partial charge is 0.497 e. The highest BCUT2D eigenvalue weighted by Gasteiger charge is 2.34. The van der Waals surface area contributed by atoms with Gasteiger partial charge >= 0.3 is 6.18 Å². The number of aromatic amines is 1. The molecule has 0 bridgehead atoms. The number of methoxy groups -OCH3 is 2. The molecule has 7 nitrogen and oxygen atoms in total. The molecule has 3 aromatic heterocycles. The Morgan fingerprint density at radius 1 is 0.881 bits per heavy atom. The van der Waals surface area contributed by atoms with Crippen molar-refractivity contribution in [1.82, 2.24) is 24.9 Å². The lowest BCUT2D eigenvalue weighted by atomic mass is 10.1. The number of alkyl halides is 3. The molecule has 6 rings (SSSR count). The van der Waals surface area contributed by atoms with Gasteiger partial charge in [-0.25, -0.2) is 19.9 Å². The monoisotopic (exact) mass is 635 g/mol. The van der Waals surface area contributed by atoms with Crippen LogP contribution in [0, 0.1) is 6.92 Å². The molecule has 3 heterocycles. The van der Waals surface area contributed by atoms with Crippen molar-refractivity contribution < 1.29 is 22.6 Å². The van der Waals surface area contributed by atoms with Crippen LogP contribution in [0.3, 0.4) is 0 Å².